The number of hydrogen-bond acceptors (Lipinski definition) is 5. The Morgan fingerprint density at radius 3 is 2.78 bits per heavy atom. The van der Waals surface area contributed by atoms with Crippen LogP contribution in [0.1, 0.15) is 6.92 Å². The molecule has 1 aliphatic rings. The van der Waals surface area contributed by atoms with Crippen LogP contribution in [0.5, 0.6) is 5.75 Å². The Hall–Kier alpha value is -1.82. The minimum atomic E-state index is -0.418. The number of nitro groups is 1. The Morgan fingerprint density at radius 2 is 2.28 bits per heavy atom. The second kappa shape index (κ2) is 4.81. The number of anilines is 1. The molecule has 0 saturated carbocycles. The summed E-state index contributed by atoms with van der Waals surface area (Å²) >= 11 is 0. The topological polar surface area (TPSA) is 73.6 Å². The molecular formula is C12H16N2O4. The summed E-state index contributed by atoms with van der Waals surface area (Å²) in [5, 5.41) is 13.9. The fourth-order valence-electron chi connectivity index (χ4n) is 1.81. The number of hydrogen-bond donors (Lipinski definition) is 1. The van der Waals surface area contributed by atoms with Crippen LogP contribution in [0.4, 0.5) is 11.4 Å². The molecule has 1 saturated heterocycles. The SMILES string of the molecule is COc1ccc([N+](=O)[O-])cc1NCC1(C)COC1. The van der Waals surface area contributed by atoms with Crippen molar-refractivity contribution in [3.63, 3.8) is 0 Å². The zero-order valence-corrected chi connectivity index (χ0v) is 10.4. The summed E-state index contributed by atoms with van der Waals surface area (Å²) in [6, 6.07) is 4.51. The smallest absolute Gasteiger partial charge is 0.271 e. The highest BCUT2D eigenvalue weighted by Crippen LogP contribution is 2.32. The summed E-state index contributed by atoms with van der Waals surface area (Å²) in [6.45, 7) is 4.21. The molecule has 1 heterocycles. The Kier molecular flexibility index (Phi) is 3.38. The molecular weight excluding hydrogens is 236 g/mol. The first-order valence-electron chi connectivity index (χ1n) is 5.68. The van der Waals surface area contributed by atoms with Gasteiger partial charge in [-0.3, -0.25) is 10.1 Å². The maximum atomic E-state index is 10.7. The van der Waals surface area contributed by atoms with Crippen LogP contribution in [-0.2, 0) is 4.74 Å². The minimum absolute atomic E-state index is 0.0494. The van der Waals surface area contributed by atoms with Gasteiger partial charge in [-0.25, -0.2) is 0 Å². The second-order valence-corrected chi connectivity index (χ2v) is 4.80. The molecule has 1 aromatic rings. The lowest BCUT2D eigenvalue weighted by molar-refractivity contribution is -0.384. The normalized spacial score (nSPS) is 16.8. The Morgan fingerprint density at radius 1 is 1.56 bits per heavy atom. The highest BCUT2D eigenvalue weighted by Gasteiger charge is 2.33. The van der Waals surface area contributed by atoms with E-state index in [4.69, 9.17) is 9.47 Å². The van der Waals surface area contributed by atoms with E-state index in [1.54, 1.807) is 13.2 Å². The summed E-state index contributed by atoms with van der Waals surface area (Å²) in [7, 11) is 1.54. The molecule has 0 amide bonds. The second-order valence-electron chi connectivity index (χ2n) is 4.80. The molecule has 0 aliphatic carbocycles. The van der Waals surface area contributed by atoms with Crippen molar-refractivity contribution in [1.29, 1.82) is 0 Å². The fourth-order valence-corrected chi connectivity index (χ4v) is 1.81. The third-order valence-electron chi connectivity index (χ3n) is 3.00. The van der Waals surface area contributed by atoms with Crippen LogP contribution >= 0.6 is 0 Å². The first-order valence-corrected chi connectivity index (χ1v) is 5.68. The van der Waals surface area contributed by atoms with Gasteiger partial charge in [-0.2, -0.15) is 0 Å². The molecule has 0 atom stereocenters. The molecule has 1 aliphatic heterocycles. The van der Waals surface area contributed by atoms with Crippen LogP contribution in [0.15, 0.2) is 18.2 Å². The zero-order chi connectivity index (χ0) is 13.2. The summed E-state index contributed by atoms with van der Waals surface area (Å²) < 4.78 is 10.3. The van der Waals surface area contributed by atoms with Gasteiger partial charge in [0.25, 0.3) is 5.69 Å². The number of nitro benzene ring substituents is 1. The van der Waals surface area contributed by atoms with E-state index in [2.05, 4.69) is 12.2 Å². The lowest BCUT2D eigenvalue weighted by atomic mass is 9.88. The molecule has 1 fully saturated rings. The highest BCUT2D eigenvalue weighted by atomic mass is 16.6. The fraction of sp³-hybridized carbons (Fsp3) is 0.500. The van der Waals surface area contributed by atoms with Gasteiger partial charge < -0.3 is 14.8 Å². The van der Waals surface area contributed by atoms with E-state index in [0.717, 1.165) is 0 Å². The van der Waals surface area contributed by atoms with Crippen molar-refractivity contribution in [2.45, 2.75) is 6.92 Å². The van der Waals surface area contributed by atoms with E-state index in [1.165, 1.54) is 12.1 Å². The molecule has 6 nitrogen and oxygen atoms in total. The van der Waals surface area contributed by atoms with Gasteiger partial charge >= 0.3 is 0 Å². The molecule has 0 radical (unpaired) electrons. The van der Waals surface area contributed by atoms with Crippen molar-refractivity contribution in [3.05, 3.63) is 28.3 Å². The third kappa shape index (κ3) is 2.53. The number of benzene rings is 1. The van der Waals surface area contributed by atoms with E-state index >= 15 is 0 Å². The summed E-state index contributed by atoms with van der Waals surface area (Å²) in [6.07, 6.45) is 0. The van der Waals surface area contributed by atoms with Crippen molar-refractivity contribution in [2.75, 3.05) is 32.2 Å². The van der Waals surface area contributed by atoms with Gasteiger partial charge in [-0.1, -0.05) is 6.92 Å². The summed E-state index contributed by atoms with van der Waals surface area (Å²) in [4.78, 5) is 10.3. The predicted octanol–water partition coefficient (Wildman–Crippen LogP) is 2.05. The standard InChI is InChI=1S/C12H16N2O4/c1-12(7-18-8-12)6-13-10-5-9(14(15)16)3-4-11(10)17-2/h3-5,13H,6-8H2,1-2H3. The zero-order valence-electron chi connectivity index (χ0n) is 10.4. The molecule has 0 unspecified atom stereocenters. The molecule has 0 spiro atoms. The van der Waals surface area contributed by atoms with Crippen molar-refractivity contribution >= 4 is 11.4 Å². The molecule has 1 aromatic carbocycles. The molecule has 18 heavy (non-hydrogen) atoms. The molecule has 0 bridgehead atoms. The van der Waals surface area contributed by atoms with E-state index in [9.17, 15) is 10.1 Å². The predicted molar refractivity (Wildman–Crippen MR) is 67.1 cm³/mol. The van der Waals surface area contributed by atoms with Gasteiger partial charge in [0.2, 0.25) is 0 Å². The van der Waals surface area contributed by atoms with Crippen molar-refractivity contribution < 1.29 is 14.4 Å². The van der Waals surface area contributed by atoms with E-state index in [-0.39, 0.29) is 11.1 Å². The van der Waals surface area contributed by atoms with Gasteiger partial charge in [0, 0.05) is 24.1 Å². The van der Waals surface area contributed by atoms with E-state index in [0.29, 0.717) is 31.2 Å². The number of nitrogens with zero attached hydrogens (tertiary/aromatic N) is 1. The molecule has 1 N–H and O–H groups in total. The quantitative estimate of drug-likeness (QED) is 0.641. The Balaban J connectivity index is 2.13. The average Bonchev–Trinajstić information content (AvgIpc) is 2.33. The first kappa shape index (κ1) is 12.6. The van der Waals surface area contributed by atoms with Crippen molar-refractivity contribution in [1.82, 2.24) is 0 Å². The van der Waals surface area contributed by atoms with Crippen LogP contribution in [0, 0.1) is 15.5 Å². The third-order valence-corrected chi connectivity index (χ3v) is 3.00. The Labute approximate surface area is 105 Å². The van der Waals surface area contributed by atoms with Crippen LogP contribution in [-0.4, -0.2) is 31.8 Å². The van der Waals surface area contributed by atoms with Gasteiger partial charge in [-0.15, -0.1) is 0 Å². The van der Waals surface area contributed by atoms with Gasteiger partial charge in [-0.05, 0) is 6.07 Å². The molecule has 2 rings (SSSR count). The molecule has 6 heteroatoms. The highest BCUT2D eigenvalue weighted by molar-refractivity contribution is 5.61. The first-order chi connectivity index (χ1) is 8.54. The largest absolute Gasteiger partial charge is 0.495 e. The maximum absolute atomic E-state index is 10.7. The lowest BCUT2D eigenvalue weighted by Crippen LogP contribution is -2.45. The number of nitrogens with one attached hydrogen (secondary N) is 1. The van der Waals surface area contributed by atoms with E-state index < -0.39 is 4.92 Å². The summed E-state index contributed by atoms with van der Waals surface area (Å²) in [5.41, 5.74) is 0.781. The Bertz CT molecular complexity index is 457. The monoisotopic (exact) mass is 252 g/mol. The number of rotatable bonds is 5. The van der Waals surface area contributed by atoms with Crippen LogP contribution in [0.3, 0.4) is 0 Å². The van der Waals surface area contributed by atoms with Crippen molar-refractivity contribution in [2.24, 2.45) is 5.41 Å². The van der Waals surface area contributed by atoms with E-state index in [1.807, 2.05) is 0 Å². The van der Waals surface area contributed by atoms with Gasteiger partial charge in [0.15, 0.2) is 0 Å². The summed E-state index contributed by atoms with van der Waals surface area (Å²) in [5.74, 6) is 0.601. The number of non-ortho nitro benzene ring substituents is 1. The molecule has 0 aromatic heterocycles. The lowest BCUT2D eigenvalue weighted by Gasteiger charge is -2.38. The average molecular weight is 252 g/mol. The van der Waals surface area contributed by atoms with Crippen molar-refractivity contribution in [3.8, 4) is 5.75 Å². The van der Waals surface area contributed by atoms with Gasteiger partial charge in [0.05, 0.1) is 30.9 Å². The number of ether oxygens (including phenoxy) is 2. The maximum Gasteiger partial charge on any atom is 0.271 e. The van der Waals surface area contributed by atoms with Gasteiger partial charge in [0.1, 0.15) is 5.75 Å². The number of methoxy groups -OCH3 is 1. The minimum Gasteiger partial charge on any atom is -0.495 e. The van der Waals surface area contributed by atoms with Crippen LogP contribution < -0.4 is 10.1 Å². The van der Waals surface area contributed by atoms with Crippen LogP contribution in [0.25, 0.3) is 0 Å². The van der Waals surface area contributed by atoms with Crippen LogP contribution in [0.2, 0.25) is 0 Å². The molecule has 98 valence electrons.